The molecule has 1 aliphatic heterocycles. The van der Waals surface area contributed by atoms with Gasteiger partial charge in [0.15, 0.2) is 0 Å². The molecule has 0 bridgehead atoms. The second kappa shape index (κ2) is 11.4. The maximum absolute atomic E-state index is 9.11. The third-order valence-electron chi connectivity index (χ3n) is 4.66. The lowest BCUT2D eigenvalue weighted by Gasteiger charge is -2.28. The highest BCUT2D eigenvalue weighted by Crippen LogP contribution is 2.29. The summed E-state index contributed by atoms with van der Waals surface area (Å²) < 4.78 is 12.2. The van der Waals surface area contributed by atoms with Gasteiger partial charge in [-0.3, -0.25) is 0 Å². The minimum absolute atomic E-state index is 0.378. The van der Waals surface area contributed by atoms with Crippen molar-refractivity contribution in [1.82, 2.24) is 0 Å². The maximum atomic E-state index is 9.11. The molecule has 1 aliphatic rings. The molecule has 2 aromatic rings. The number of ether oxygens (including phenoxy) is 2. The summed E-state index contributed by atoms with van der Waals surface area (Å²) in [6, 6.07) is 18.3. The lowest BCUT2D eigenvalue weighted by molar-refractivity contribution is -0.00162. The van der Waals surface area contributed by atoms with E-state index in [-0.39, 0.29) is 12.2 Å². The van der Waals surface area contributed by atoms with Crippen LogP contribution in [-0.4, -0.2) is 35.8 Å². The van der Waals surface area contributed by atoms with E-state index in [1.54, 1.807) is 11.8 Å². The molecule has 4 atom stereocenters. The highest BCUT2D eigenvalue weighted by Gasteiger charge is 2.38. The molecule has 0 saturated carbocycles. The van der Waals surface area contributed by atoms with E-state index >= 15 is 0 Å². The van der Waals surface area contributed by atoms with Crippen LogP contribution < -0.4 is 0 Å². The standard InChI is InChI=1S/C20H22N6O2S/c21-25-23-19-17(27-11-15-7-3-1-4-8-15)13-29-14-18(20(19)24-26-22)28-12-16-9-5-2-6-10-16/h1-10,17-20H,11-14H2/t17-,18-,19+,20+/m1/s1. The molecule has 0 aromatic heterocycles. The van der Waals surface area contributed by atoms with Crippen molar-refractivity contribution in [2.24, 2.45) is 10.2 Å². The minimum atomic E-state index is -0.643. The molecule has 0 unspecified atom stereocenters. The molecular weight excluding hydrogens is 388 g/mol. The summed E-state index contributed by atoms with van der Waals surface area (Å²) in [5.41, 5.74) is 20.3. The number of rotatable bonds is 8. The highest BCUT2D eigenvalue weighted by atomic mass is 32.2. The van der Waals surface area contributed by atoms with Crippen molar-refractivity contribution < 1.29 is 9.47 Å². The van der Waals surface area contributed by atoms with Crippen LogP contribution in [0, 0.1) is 0 Å². The van der Waals surface area contributed by atoms with Crippen molar-refractivity contribution in [2.75, 3.05) is 11.5 Å². The summed E-state index contributed by atoms with van der Waals surface area (Å²) in [4.78, 5) is 5.98. The predicted molar refractivity (Wildman–Crippen MR) is 113 cm³/mol. The monoisotopic (exact) mass is 410 g/mol. The van der Waals surface area contributed by atoms with Crippen LogP contribution in [0.2, 0.25) is 0 Å². The number of nitrogens with zero attached hydrogens (tertiary/aromatic N) is 6. The molecule has 2 aromatic carbocycles. The fourth-order valence-electron chi connectivity index (χ4n) is 3.19. The van der Waals surface area contributed by atoms with Crippen molar-refractivity contribution in [2.45, 2.75) is 37.5 Å². The summed E-state index contributed by atoms with van der Waals surface area (Å²) in [5, 5.41) is 7.88. The van der Waals surface area contributed by atoms with Crippen LogP contribution in [0.1, 0.15) is 11.1 Å². The Hall–Kier alpha value is -2.67. The highest BCUT2D eigenvalue weighted by molar-refractivity contribution is 7.99. The van der Waals surface area contributed by atoms with Crippen LogP contribution in [0.5, 0.6) is 0 Å². The maximum Gasteiger partial charge on any atom is 0.0759 e. The van der Waals surface area contributed by atoms with Gasteiger partial charge in [0.1, 0.15) is 0 Å². The van der Waals surface area contributed by atoms with Crippen LogP contribution in [0.15, 0.2) is 70.9 Å². The molecule has 0 radical (unpaired) electrons. The molecule has 1 fully saturated rings. The largest absolute Gasteiger partial charge is 0.372 e. The van der Waals surface area contributed by atoms with Crippen LogP contribution in [0.25, 0.3) is 20.9 Å². The number of hydrogen-bond acceptors (Lipinski definition) is 5. The minimum Gasteiger partial charge on any atom is -0.372 e. The molecule has 8 nitrogen and oxygen atoms in total. The average molecular weight is 411 g/mol. The summed E-state index contributed by atoms with van der Waals surface area (Å²) in [7, 11) is 0. The number of benzene rings is 2. The molecule has 150 valence electrons. The Balaban J connectivity index is 1.74. The van der Waals surface area contributed by atoms with E-state index in [1.807, 2.05) is 60.7 Å². The quantitative estimate of drug-likeness (QED) is 0.335. The Bertz CT molecular complexity index is 784. The lowest BCUT2D eigenvalue weighted by Crippen LogP contribution is -2.43. The van der Waals surface area contributed by atoms with Gasteiger partial charge >= 0.3 is 0 Å². The molecule has 0 N–H and O–H groups in total. The Kier molecular flexibility index (Phi) is 8.25. The zero-order chi connectivity index (χ0) is 20.3. The van der Waals surface area contributed by atoms with Gasteiger partial charge in [-0.05, 0) is 22.2 Å². The first-order valence-electron chi connectivity index (χ1n) is 9.29. The van der Waals surface area contributed by atoms with Gasteiger partial charge in [0, 0.05) is 21.3 Å². The van der Waals surface area contributed by atoms with Gasteiger partial charge in [0.25, 0.3) is 0 Å². The predicted octanol–water partition coefficient (Wildman–Crippen LogP) is 5.26. The molecule has 0 amide bonds. The lowest BCUT2D eigenvalue weighted by atomic mass is 10.00. The zero-order valence-electron chi connectivity index (χ0n) is 15.8. The van der Waals surface area contributed by atoms with Crippen molar-refractivity contribution >= 4 is 11.8 Å². The van der Waals surface area contributed by atoms with Gasteiger partial charge in [-0.1, -0.05) is 70.9 Å². The molecule has 3 rings (SSSR count). The fraction of sp³-hybridized carbons (Fsp3) is 0.400. The molecule has 1 saturated heterocycles. The Labute approximate surface area is 173 Å². The summed E-state index contributed by atoms with van der Waals surface area (Å²) in [5.74, 6) is 1.25. The van der Waals surface area contributed by atoms with Crippen LogP contribution in [-0.2, 0) is 22.7 Å². The molecule has 0 aliphatic carbocycles. The second-order valence-electron chi connectivity index (χ2n) is 6.60. The Morgan fingerprint density at radius 3 is 1.55 bits per heavy atom. The van der Waals surface area contributed by atoms with Gasteiger partial charge < -0.3 is 9.47 Å². The van der Waals surface area contributed by atoms with Crippen molar-refractivity contribution in [3.8, 4) is 0 Å². The third-order valence-corrected chi connectivity index (χ3v) is 5.79. The van der Waals surface area contributed by atoms with Crippen LogP contribution in [0.3, 0.4) is 0 Å². The van der Waals surface area contributed by atoms with E-state index in [0.29, 0.717) is 24.7 Å². The summed E-state index contributed by atoms with van der Waals surface area (Å²) >= 11 is 1.64. The Morgan fingerprint density at radius 1 is 0.759 bits per heavy atom. The summed E-state index contributed by atoms with van der Waals surface area (Å²) in [6.07, 6.45) is -0.756. The first kappa shape index (κ1) is 21.0. The number of azide groups is 2. The Morgan fingerprint density at radius 2 is 1.17 bits per heavy atom. The van der Waals surface area contributed by atoms with Gasteiger partial charge in [-0.15, -0.1) is 0 Å². The van der Waals surface area contributed by atoms with Crippen LogP contribution >= 0.6 is 11.8 Å². The van der Waals surface area contributed by atoms with Gasteiger partial charge in [-0.2, -0.15) is 11.8 Å². The van der Waals surface area contributed by atoms with Gasteiger partial charge in [0.2, 0.25) is 0 Å². The van der Waals surface area contributed by atoms with Crippen LogP contribution in [0.4, 0.5) is 0 Å². The fourth-order valence-corrected chi connectivity index (χ4v) is 4.38. The van der Waals surface area contributed by atoms with E-state index in [4.69, 9.17) is 20.5 Å². The molecule has 9 heteroatoms. The van der Waals surface area contributed by atoms with E-state index in [2.05, 4.69) is 20.1 Å². The topological polar surface area (TPSA) is 116 Å². The second-order valence-corrected chi connectivity index (χ2v) is 7.67. The van der Waals surface area contributed by atoms with Crippen molar-refractivity contribution in [3.63, 3.8) is 0 Å². The molecular formula is C20H22N6O2S. The third kappa shape index (κ3) is 6.15. The number of thioether (sulfide) groups is 1. The molecule has 0 spiro atoms. The smallest absolute Gasteiger partial charge is 0.0759 e. The number of hydrogen-bond donors (Lipinski definition) is 0. The van der Waals surface area contributed by atoms with Crippen molar-refractivity contribution in [3.05, 3.63) is 92.7 Å². The molecule has 1 heterocycles. The van der Waals surface area contributed by atoms with Gasteiger partial charge in [0.05, 0.1) is 37.5 Å². The van der Waals surface area contributed by atoms with E-state index in [9.17, 15) is 0 Å². The molecule has 29 heavy (non-hydrogen) atoms. The van der Waals surface area contributed by atoms with E-state index in [0.717, 1.165) is 11.1 Å². The average Bonchev–Trinajstić information content (AvgIpc) is 2.92. The van der Waals surface area contributed by atoms with Crippen molar-refractivity contribution in [1.29, 1.82) is 0 Å². The first-order valence-corrected chi connectivity index (χ1v) is 10.4. The normalized spacial score (nSPS) is 24.0. The summed E-state index contributed by atoms with van der Waals surface area (Å²) in [6.45, 7) is 0.782. The SMILES string of the molecule is [N-]=[N+]=N[C@@H]1[C@@H](N=[N+]=[N-])[C@H](OCc2ccccc2)CSC[C@H]1OCc1ccccc1. The van der Waals surface area contributed by atoms with E-state index in [1.165, 1.54) is 0 Å². The van der Waals surface area contributed by atoms with E-state index < -0.39 is 12.1 Å². The zero-order valence-corrected chi connectivity index (χ0v) is 16.6. The van der Waals surface area contributed by atoms with Gasteiger partial charge in [-0.25, -0.2) is 0 Å². The first-order chi connectivity index (χ1) is 14.3.